The summed E-state index contributed by atoms with van der Waals surface area (Å²) in [6, 6.07) is 7.11. The molecule has 0 N–H and O–H groups in total. The molecular weight excluding hydrogens is 463 g/mol. The van der Waals surface area contributed by atoms with E-state index in [9.17, 15) is 8.42 Å². The first-order valence-electron chi connectivity index (χ1n) is 8.70. The van der Waals surface area contributed by atoms with Crippen molar-refractivity contribution in [1.82, 2.24) is 14.1 Å². The lowest BCUT2D eigenvalue weighted by molar-refractivity contribution is 0.281. The van der Waals surface area contributed by atoms with E-state index in [0.717, 1.165) is 24.4 Å². The van der Waals surface area contributed by atoms with Crippen molar-refractivity contribution in [2.75, 3.05) is 41.3 Å². The number of benzene rings is 1. The summed E-state index contributed by atoms with van der Waals surface area (Å²) in [6.07, 6.45) is 2.04. The minimum Gasteiger partial charge on any atom is -0.349 e. The molecule has 8 heteroatoms. The topological polar surface area (TPSA) is 56.2 Å². The standard InChI is InChI=1S/C18H30N4O2S.HI/c1-15-7-6-12-22(14-15)25(23,24)17-10-8-16(9-11-17)13-19-18(20(2)3)21(4)5;/h8-11,15H,6-7,12-14H2,1-5H3;1H. The second-order valence-electron chi connectivity index (χ2n) is 7.16. The van der Waals surface area contributed by atoms with Crippen LogP contribution in [0, 0.1) is 5.92 Å². The van der Waals surface area contributed by atoms with E-state index in [1.165, 1.54) is 0 Å². The number of hydrogen-bond donors (Lipinski definition) is 0. The molecule has 1 unspecified atom stereocenters. The van der Waals surface area contributed by atoms with Crippen molar-refractivity contribution in [3.8, 4) is 0 Å². The van der Waals surface area contributed by atoms with Gasteiger partial charge in [-0.25, -0.2) is 13.4 Å². The number of aliphatic imine (C=N–C) groups is 1. The van der Waals surface area contributed by atoms with Gasteiger partial charge in [0.05, 0.1) is 11.4 Å². The highest BCUT2D eigenvalue weighted by Crippen LogP contribution is 2.23. The summed E-state index contributed by atoms with van der Waals surface area (Å²) < 4.78 is 27.2. The number of piperidine rings is 1. The van der Waals surface area contributed by atoms with Gasteiger partial charge in [0, 0.05) is 41.3 Å². The maximum absolute atomic E-state index is 12.8. The van der Waals surface area contributed by atoms with Crippen LogP contribution in [0.5, 0.6) is 0 Å². The van der Waals surface area contributed by atoms with Gasteiger partial charge in [0.1, 0.15) is 0 Å². The maximum atomic E-state index is 12.8. The van der Waals surface area contributed by atoms with E-state index in [4.69, 9.17) is 0 Å². The lowest BCUT2D eigenvalue weighted by Crippen LogP contribution is -2.39. The van der Waals surface area contributed by atoms with Crippen LogP contribution in [0.1, 0.15) is 25.3 Å². The largest absolute Gasteiger partial charge is 0.349 e. The fourth-order valence-corrected chi connectivity index (χ4v) is 4.72. The number of halogens is 1. The molecule has 0 radical (unpaired) electrons. The molecule has 0 aromatic heterocycles. The Balaban J connectivity index is 0.00000338. The van der Waals surface area contributed by atoms with Crippen molar-refractivity contribution in [1.29, 1.82) is 0 Å². The second-order valence-corrected chi connectivity index (χ2v) is 9.10. The molecule has 0 bridgehead atoms. The summed E-state index contributed by atoms with van der Waals surface area (Å²) in [5.74, 6) is 1.30. The van der Waals surface area contributed by atoms with Crippen molar-refractivity contribution >= 4 is 40.0 Å². The normalized spacial score (nSPS) is 18.0. The molecule has 6 nitrogen and oxygen atoms in total. The molecule has 26 heavy (non-hydrogen) atoms. The highest BCUT2D eigenvalue weighted by molar-refractivity contribution is 14.0. The molecule has 1 fully saturated rings. The molecule has 1 aromatic rings. The predicted octanol–water partition coefficient (Wildman–Crippen LogP) is 2.70. The lowest BCUT2D eigenvalue weighted by Gasteiger charge is -2.30. The van der Waals surface area contributed by atoms with Crippen LogP contribution >= 0.6 is 24.0 Å². The predicted molar refractivity (Wildman–Crippen MR) is 118 cm³/mol. The van der Waals surface area contributed by atoms with E-state index in [1.54, 1.807) is 16.4 Å². The molecule has 0 saturated carbocycles. The van der Waals surface area contributed by atoms with Crippen LogP contribution in [0.2, 0.25) is 0 Å². The number of rotatable bonds is 4. The highest BCUT2D eigenvalue weighted by atomic mass is 127. The number of sulfonamides is 1. The number of guanidine groups is 1. The zero-order chi connectivity index (χ0) is 18.6. The van der Waals surface area contributed by atoms with E-state index in [0.29, 0.717) is 30.4 Å². The average molecular weight is 494 g/mol. The van der Waals surface area contributed by atoms with Gasteiger partial charge in [0.15, 0.2) is 5.96 Å². The van der Waals surface area contributed by atoms with Gasteiger partial charge in [-0.15, -0.1) is 24.0 Å². The van der Waals surface area contributed by atoms with Crippen LogP contribution in [0.15, 0.2) is 34.2 Å². The van der Waals surface area contributed by atoms with Gasteiger partial charge in [-0.3, -0.25) is 0 Å². The lowest BCUT2D eigenvalue weighted by atomic mass is 10.0. The van der Waals surface area contributed by atoms with Crippen molar-refractivity contribution in [3.05, 3.63) is 29.8 Å². The van der Waals surface area contributed by atoms with Gasteiger partial charge in [-0.2, -0.15) is 4.31 Å². The molecule has 0 aliphatic carbocycles. The van der Waals surface area contributed by atoms with Gasteiger partial charge in [-0.05, 0) is 36.5 Å². The molecule has 1 aliphatic rings. The first kappa shape index (κ1) is 23.2. The van der Waals surface area contributed by atoms with E-state index in [-0.39, 0.29) is 24.0 Å². The monoisotopic (exact) mass is 494 g/mol. The van der Waals surface area contributed by atoms with Crippen LogP contribution in [0.25, 0.3) is 0 Å². The molecule has 1 heterocycles. The van der Waals surface area contributed by atoms with Crippen LogP contribution < -0.4 is 0 Å². The maximum Gasteiger partial charge on any atom is 0.243 e. The third kappa shape index (κ3) is 5.82. The highest BCUT2D eigenvalue weighted by Gasteiger charge is 2.28. The number of hydrogen-bond acceptors (Lipinski definition) is 3. The van der Waals surface area contributed by atoms with E-state index < -0.39 is 10.0 Å². The van der Waals surface area contributed by atoms with Crippen molar-refractivity contribution in [2.24, 2.45) is 10.9 Å². The summed E-state index contributed by atoms with van der Waals surface area (Å²) >= 11 is 0. The Hall–Kier alpha value is -0.870. The fraction of sp³-hybridized carbons (Fsp3) is 0.611. The Bertz CT molecular complexity index is 692. The van der Waals surface area contributed by atoms with Crippen molar-refractivity contribution < 1.29 is 8.42 Å². The minimum absolute atomic E-state index is 0. The molecule has 0 amide bonds. The SMILES string of the molecule is CC1CCCN(S(=O)(=O)c2ccc(CN=C(N(C)C)N(C)C)cc2)C1.I. The molecule has 1 saturated heterocycles. The molecule has 1 atom stereocenters. The molecule has 148 valence electrons. The minimum atomic E-state index is -3.39. The third-order valence-corrected chi connectivity index (χ3v) is 6.26. The molecule has 1 aromatic carbocycles. The van der Waals surface area contributed by atoms with Gasteiger partial charge < -0.3 is 9.80 Å². The van der Waals surface area contributed by atoms with Crippen LogP contribution in [0.3, 0.4) is 0 Å². The Kier molecular flexibility index (Phi) is 8.81. The summed E-state index contributed by atoms with van der Waals surface area (Å²) in [7, 11) is 4.42. The molecular formula is C18H31IN4O2S. The van der Waals surface area contributed by atoms with Gasteiger partial charge in [0.2, 0.25) is 10.0 Å². The van der Waals surface area contributed by atoms with Crippen molar-refractivity contribution in [3.63, 3.8) is 0 Å². The Morgan fingerprint density at radius 1 is 1.15 bits per heavy atom. The third-order valence-electron chi connectivity index (χ3n) is 4.38. The van der Waals surface area contributed by atoms with Gasteiger partial charge in [-0.1, -0.05) is 19.1 Å². The summed E-state index contributed by atoms with van der Waals surface area (Å²) in [4.78, 5) is 8.87. The van der Waals surface area contributed by atoms with Crippen LogP contribution in [0.4, 0.5) is 0 Å². The summed E-state index contributed by atoms with van der Waals surface area (Å²) in [6.45, 7) is 3.86. The van der Waals surface area contributed by atoms with Crippen LogP contribution in [-0.2, 0) is 16.6 Å². The summed E-state index contributed by atoms with van der Waals surface area (Å²) in [5, 5.41) is 0. The molecule has 1 aliphatic heterocycles. The Morgan fingerprint density at radius 2 is 1.73 bits per heavy atom. The van der Waals surface area contributed by atoms with Crippen molar-refractivity contribution in [2.45, 2.75) is 31.2 Å². The first-order chi connectivity index (χ1) is 11.7. The zero-order valence-corrected chi connectivity index (χ0v) is 19.5. The van der Waals surface area contributed by atoms with E-state index >= 15 is 0 Å². The van der Waals surface area contributed by atoms with E-state index in [2.05, 4.69) is 11.9 Å². The number of nitrogens with zero attached hydrogens (tertiary/aromatic N) is 4. The van der Waals surface area contributed by atoms with Gasteiger partial charge >= 0.3 is 0 Å². The van der Waals surface area contributed by atoms with Gasteiger partial charge in [0.25, 0.3) is 0 Å². The first-order valence-corrected chi connectivity index (χ1v) is 10.1. The Morgan fingerprint density at radius 3 is 2.23 bits per heavy atom. The zero-order valence-electron chi connectivity index (χ0n) is 16.3. The summed E-state index contributed by atoms with van der Waals surface area (Å²) in [5.41, 5.74) is 0.993. The van der Waals surface area contributed by atoms with E-state index in [1.807, 2.05) is 50.1 Å². The van der Waals surface area contributed by atoms with Crippen LogP contribution in [-0.4, -0.2) is 69.8 Å². The molecule has 2 rings (SSSR count). The Labute approximate surface area is 175 Å². The fourth-order valence-electron chi connectivity index (χ4n) is 3.13. The quantitative estimate of drug-likeness (QED) is 0.367. The average Bonchev–Trinajstić information content (AvgIpc) is 2.55. The second kappa shape index (κ2) is 9.89. The smallest absolute Gasteiger partial charge is 0.243 e. The molecule has 0 spiro atoms.